The lowest BCUT2D eigenvalue weighted by Gasteiger charge is -2.13. The predicted octanol–water partition coefficient (Wildman–Crippen LogP) is 1.74. The number of rotatable bonds is 3. The Balaban J connectivity index is 0. The molecule has 2 N–H and O–H groups in total. The number of carbonyl (C=O) groups is 1. The molecule has 1 atom stereocenters. The molecule has 0 heterocycles. The van der Waals surface area contributed by atoms with Crippen molar-refractivity contribution in [3.8, 4) is 0 Å². The maximum absolute atomic E-state index is 9.00. The second kappa shape index (κ2) is 9.00. The van der Waals surface area contributed by atoms with E-state index in [-0.39, 0.29) is 0 Å². The molecule has 0 aliphatic heterocycles. The van der Waals surface area contributed by atoms with E-state index in [9.17, 15) is 0 Å². The normalized spacial score (nSPS) is 11.8. The lowest BCUT2D eigenvalue weighted by molar-refractivity contribution is -0.134. The van der Waals surface area contributed by atoms with Crippen LogP contribution < -0.4 is 0 Å². The van der Waals surface area contributed by atoms with E-state index in [1.807, 2.05) is 0 Å². The summed E-state index contributed by atoms with van der Waals surface area (Å²) >= 11 is 3.32. The first-order valence-electron chi connectivity index (χ1n) is 3.82. The Hall–Kier alpha value is -0.0900. The van der Waals surface area contributed by atoms with Crippen LogP contribution in [0.2, 0.25) is 0 Å². The van der Waals surface area contributed by atoms with Crippen molar-refractivity contribution in [2.24, 2.45) is 11.8 Å². The van der Waals surface area contributed by atoms with Gasteiger partial charge in [0.2, 0.25) is 0 Å². The Labute approximate surface area is 81.9 Å². The summed E-state index contributed by atoms with van der Waals surface area (Å²) in [7, 11) is 0. The summed E-state index contributed by atoms with van der Waals surface area (Å²) in [4.78, 5) is 9.00. The zero-order valence-electron chi connectivity index (χ0n) is 7.75. The fourth-order valence-corrected chi connectivity index (χ4v) is 1.39. The zero-order valence-corrected chi connectivity index (χ0v) is 9.34. The topological polar surface area (TPSA) is 57.5 Å². The lowest BCUT2D eigenvalue weighted by atomic mass is 10.00. The average Bonchev–Trinajstić information content (AvgIpc) is 1.87. The van der Waals surface area contributed by atoms with Crippen LogP contribution in [0.5, 0.6) is 0 Å². The van der Waals surface area contributed by atoms with Gasteiger partial charge < -0.3 is 10.2 Å². The van der Waals surface area contributed by atoms with E-state index in [2.05, 4.69) is 29.8 Å². The molecule has 0 aromatic heterocycles. The lowest BCUT2D eigenvalue weighted by Crippen LogP contribution is -2.14. The first kappa shape index (κ1) is 14.4. The first-order valence-corrected chi connectivity index (χ1v) is 4.94. The van der Waals surface area contributed by atoms with Gasteiger partial charge in [-0.15, -0.1) is 0 Å². The molecule has 0 bridgehead atoms. The molecule has 12 heavy (non-hydrogen) atoms. The van der Waals surface area contributed by atoms with Crippen LogP contribution in [0.1, 0.15) is 20.8 Å². The molecule has 0 aromatic rings. The second-order valence-electron chi connectivity index (χ2n) is 2.86. The van der Waals surface area contributed by atoms with Crippen molar-refractivity contribution in [3.63, 3.8) is 0 Å². The van der Waals surface area contributed by atoms with Gasteiger partial charge in [0.25, 0.3) is 5.97 Å². The molecule has 3 nitrogen and oxygen atoms in total. The number of alkyl halides is 1. The summed E-state index contributed by atoms with van der Waals surface area (Å²) in [5, 5.41) is 17.0. The summed E-state index contributed by atoms with van der Waals surface area (Å²) in [5.41, 5.74) is 0. The Bertz CT molecular complexity index is 107. The standard InChI is InChI=1S/C6H13BrO.C2H4O2/c1-5(2)6(3-7)4-8;1-2(3)4/h5-6,8H,3-4H2,1-2H3;1H3,(H,3,4). The Morgan fingerprint density at radius 3 is 1.83 bits per heavy atom. The fraction of sp³-hybridized carbons (Fsp3) is 0.875. The number of hydrogen-bond acceptors (Lipinski definition) is 2. The molecule has 0 rings (SSSR count). The van der Waals surface area contributed by atoms with E-state index < -0.39 is 5.97 Å². The number of aliphatic hydroxyl groups is 1. The van der Waals surface area contributed by atoms with Crippen LogP contribution >= 0.6 is 15.9 Å². The maximum Gasteiger partial charge on any atom is 0.300 e. The number of hydrogen-bond donors (Lipinski definition) is 2. The third-order valence-corrected chi connectivity index (χ3v) is 2.21. The molecule has 0 amide bonds. The Kier molecular flexibility index (Phi) is 10.8. The maximum atomic E-state index is 9.00. The summed E-state index contributed by atoms with van der Waals surface area (Å²) in [6.07, 6.45) is 0. The smallest absolute Gasteiger partial charge is 0.300 e. The highest BCUT2D eigenvalue weighted by Crippen LogP contribution is 2.11. The van der Waals surface area contributed by atoms with Crippen LogP contribution in [0.3, 0.4) is 0 Å². The van der Waals surface area contributed by atoms with E-state index in [1.165, 1.54) is 0 Å². The van der Waals surface area contributed by atoms with Crippen molar-refractivity contribution in [3.05, 3.63) is 0 Å². The number of halogens is 1. The van der Waals surface area contributed by atoms with Gasteiger partial charge in [-0.05, 0) is 11.8 Å². The van der Waals surface area contributed by atoms with Gasteiger partial charge in [-0.25, -0.2) is 0 Å². The van der Waals surface area contributed by atoms with E-state index in [0.717, 1.165) is 12.3 Å². The number of carboxylic acid groups (broad SMARTS) is 1. The summed E-state index contributed by atoms with van der Waals surface area (Å²) in [6, 6.07) is 0. The summed E-state index contributed by atoms with van der Waals surface area (Å²) in [6.45, 7) is 5.60. The molecule has 0 saturated heterocycles. The largest absolute Gasteiger partial charge is 0.481 e. The van der Waals surface area contributed by atoms with Gasteiger partial charge in [0.05, 0.1) is 0 Å². The minimum absolute atomic E-state index is 0.295. The van der Waals surface area contributed by atoms with Crippen molar-refractivity contribution in [1.82, 2.24) is 0 Å². The average molecular weight is 241 g/mol. The highest BCUT2D eigenvalue weighted by atomic mass is 79.9. The predicted molar refractivity (Wildman–Crippen MR) is 52.5 cm³/mol. The van der Waals surface area contributed by atoms with Gasteiger partial charge in [0.1, 0.15) is 0 Å². The SMILES string of the molecule is CC(=O)O.CC(C)C(CO)CBr. The van der Waals surface area contributed by atoms with E-state index in [0.29, 0.717) is 18.4 Å². The molecule has 1 unspecified atom stereocenters. The highest BCUT2D eigenvalue weighted by Gasteiger charge is 2.08. The molecule has 0 fully saturated rings. The van der Waals surface area contributed by atoms with Crippen LogP contribution in [0.4, 0.5) is 0 Å². The van der Waals surface area contributed by atoms with E-state index >= 15 is 0 Å². The molecule has 74 valence electrons. The van der Waals surface area contributed by atoms with Gasteiger partial charge in [-0.2, -0.15) is 0 Å². The zero-order chi connectivity index (χ0) is 10.1. The van der Waals surface area contributed by atoms with Gasteiger partial charge in [0, 0.05) is 18.9 Å². The minimum Gasteiger partial charge on any atom is -0.481 e. The van der Waals surface area contributed by atoms with Gasteiger partial charge in [-0.3, -0.25) is 4.79 Å². The molecule has 0 saturated carbocycles. The van der Waals surface area contributed by atoms with Gasteiger partial charge in [0.15, 0.2) is 0 Å². The van der Waals surface area contributed by atoms with Crippen LogP contribution in [-0.4, -0.2) is 28.1 Å². The highest BCUT2D eigenvalue weighted by molar-refractivity contribution is 9.09. The van der Waals surface area contributed by atoms with Crippen LogP contribution in [0.25, 0.3) is 0 Å². The molecule has 4 heteroatoms. The molecular formula is C8H17BrO3. The summed E-state index contributed by atoms with van der Waals surface area (Å²) in [5.74, 6) is 0.175. The molecule has 0 radical (unpaired) electrons. The fourth-order valence-electron chi connectivity index (χ4n) is 0.438. The van der Waals surface area contributed by atoms with Crippen molar-refractivity contribution in [2.45, 2.75) is 20.8 Å². The van der Waals surface area contributed by atoms with Gasteiger partial charge >= 0.3 is 0 Å². The van der Waals surface area contributed by atoms with Crippen LogP contribution in [0, 0.1) is 11.8 Å². The van der Waals surface area contributed by atoms with Crippen molar-refractivity contribution in [1.29, 1.82) is 0 Å². The quantitative estimate of drug-likeness (QED) is 0.740. The molecule has 0 spiro atoms. The molecular weight excluding hydrogens is 224 g/mol. The molecule has 0 aromatic carbocycles. The third kappa shape index (κ3) is 12.6. The van der Waals surface area contributed by atoms with E-state index in [1.54, 1.807) is 0 Å². The van der Waals surface area contributed by atoms with Crippen LogP contribution in [0.15, 0.2) is 0 Å². The van der Waals surface area contributed by atoms with E-state index in [4.69, 9.17) is 15.0 Å². The first-order chi connectivity index (χ1) is 5.45. The molecule has 0 aliphatic carbocycles. The number of aliphatic hydroxyl groups excluding tert-OH is 1. The van der Waals surface area contributed by atoms with Crippen molar-refractivity contribution in [2.75, 3.05) is 11.9 Å². The van der Waals surface area contributed by atoms with Crippen molar-refractivity contribution >= 4 is 21.9 Å². The third-order valence-electron chi connectivity index (χ3n) is 1.38. The Morgan fingerprint density at radius 1 is 1.50 bits per heavy atom. The van der Waals surface area contributed by atoms with Crippen LogP contribution in [-0.2, 0) is 4.79 Å². The monoisotopic (exact) mass is 240 g/mol. The number of aliphatic carboxylic acids is 1. The summed E-state index contributed by atoms with van der Waals surface area (Å²) < 4.78 is 0. The molecule has 0 aliphatic rings. The van der Waals surface area contributed by atoms with Crippen molar-refractivity contribution < 1.29 is 15.0 Å². The Morgan fingerprint density at radius 2 is 1.83 bits per heavy atom. The minimum atomic E-state index is -0.833. The number of carboxylic acids is 1. The second-order valence-corrected chi connectivity index (χ2v) is 3.51. The van der Waals surface area contributed by atoms with Gasteiger partial charge in [-0.1, -0.05) is 29.8 Å².